The van der Waals surface area contributed by atoms with Gasteiger partial charge in [-0.05, 0) is 24.7 Å². The van der Waals surface area contributed by atoms with Gasteiger partial charge in [0.15, 0.2) is 0 Å². The van der Waals surface area contributed by atoms with E-state index in [4.69, 9.17) is 5.73 Å². The fourth-order valence-electron chi connectivity index (χ4n) is 1.66. The van der Waals surface area contributed by atoms with Crippen LogP contribution in [-0.4, -0.2) is 16.9 Å². The maximum absolute atomic E-state index is 13.4. The lowest BCUT2D eigenvalue weighted by atomic mass is 10.2. The number of nitrogen functional groups attached to an aromatic ring is 1. The van der Waals surface area contributed by atoms with Crippen molar-refractivity contribution in [3.05, 3.63) is 23.8 Å². The molecule has 1 aromatic carbocycles. The van der Waals surface area contributed by atoms with E-state index in [-0.39, 0.29) is 22.5 Å². The number of thioether (sulfide) groups is 1. The quantitative estimate of drug-likeness (QED) is 0.801. The maximum atomic E-state index is 13.4. The summed E-state index contributed by atoms with van der Waals surface area (Å²) in [5, 5.41) is 2.29. The molecule has 92 valence electrons. The highest BCUT2D eigenvalue weighted by atomic mass is 32.2. The smallest absolute Gasteiger partial charge is 0.237 e. The molecule has 2 rings (SSSR count). The van der Waals surface area contributed by atoms with Gasteiger partial charge in [-0.2, -0.15) is 0 Å². The summed E-state index contributed by atoms with van der Waals surface area (Å²) < 4.78 is 26.3. The van der Waals surface area contributed by atoms with Crippen LogP contribution in [0.5, 0.6) is 0 Å². The van der Waals surface area contributed by atoms with Crippen LogP contribution < -0.4 is 11.1 Å². The standard InChI is InChI=1S/C11H12F2N2OS/c12-6-4-7(13)9(5-8(6)14)15-11(16)10-2-1-3-17-10/h4-5,10H,1-3,14H2,(H,15,16). The highest BCUT2D eigenvalue weighted by Crippen LogP contribution is 2.28. The van der Waals surface area contributed by atoms with E-state index < -0.39 is 11.6 Å². The number of hydrogen-bond donors (Lipinski definition) is 2. The number of anilines is 2. The Kier molecular flexibility index (Phi) is 3.51. The molecule has 3 nitrogen and oxygen atoms in total. The summed E-state index contributed by atoms with van der Waals surface area (Å²) in [6, 6.07) is 1.77. The van der Waals surface area contributed by atoms with Gasteiger partial charge in [0.05, 0.1) is 16.6 Å². The predicted molar refractivity (Wildman–Crippen MR) is 64.9 cm³/mol. The zero-order valence-electron chi connectivity index (χ0n) is 9.00. The second-order valence-electron chi connectivity index (χ2n) is 3.84. The van der Waals surface area contributed by atoms with E-state index in [9.17, 15) is 13.6 Å². The number of nitrogens with one attached hydrogen (secondary N) is 1. The SMILES string of the molecule is Nc1cc(NC(=O)C2CCCS2)c(F)cc1F. The summed E-state index contributed by atoms with van der Waals surface area (Å²) >= 11 is 1.54. The molecule has 1 saturated heterocycles. The van der Waals surface area contributed by atoms with Crippen LogP contribution in [0.1, 0.15) is 12.8 Å². The van der Waals surface area contributed by atoms with Crippen molar-refractivity contribution < 1.29 is 13.6 Å². The van der Waals surface area contributed by atoms with E-state index in [1.165, 1.54) is 0 Å². The molecule has 1 aliphatic rings. The Morgan fingerprint density at radius 3 is 2.82 bits per heavy atom. The second kappa shape index (κ2) is 4.91. The third-order valence-electron chi connectivity index (χ3n) is 2.57. The average molecular weight is 258 g/mol. The van der Waals surface area contributed by atoms with Crippen LogP contribution in [-0.2, 0) is 4.79 Å². The summed E-state index contributed by atoms with van der Waals surface area (Å²) in [5.74, 6) is -0.951. The van der Waals surface area contributed by atoms with Gasteiger partial charge < -0.3 is 11.1 Å². The minimum atomic E-state index is -0.823. The van der Waals surface area contributed by atoms with Gasteiger partial charge in [-0.3, -0.25) is 4.79 Å². The molecule has 0 aliphatic carbocycles. The van der Waals surface area contributed by atoms with Crippen molar-refractivity contribution in [3.63, 3.8) is 0 Å². The number of halogens is 2. The minimum absolute atomic E-state index is 0.0681. The van der Waals surface area contributed by atoms with Gasteiger partial charge >= 0.3 is 0 Å². The monoisotopic (exact) mass is 258 g/mol. The van der Waals surface area contributed by atoms with Crippen molar-refractivity contribution in [2.45, 2.75) is 18.1 Å². The number of rotatable bonds is 2. The summed E-state index contributed by atoms with van der Waals surface area (Å²) in [7, 11) is 0. The van der Waals surface area contributed by atoms with E-state index >= 15 is 0 Å². The number of carbonyl (C=O) groups is 1. The van der Waals surface area contributed by atoms with E-state index in [1.54, 1.807) is 11.8 Å². The lowest BCUT2D eigenvalue weighted by molar-refractivity contribution is -0.115. The number of carbonyl (C=O) groups excluding carboxylic acids is 1. The van der Waals surface area contributed by atoms with Crippen molar-refractivity contribution in [2.24, 2.45) is 0 Å². The van der Waals surface area contributed by atoms with Gasteiger partial charge in [0, 0.05) is 6.07 Å². The van der Waals surface area contributed by atoms with Gasteiger partial charge in [-0.15, -0.1) is 11.8 Å². The van der Waals surface area contributed by atoms with Gasteiger partial charge in [0.1, 0.15) is 11.6 Å². The largest absolute Gasteiger partial charge is 0.396 e. The Hall–Kier alpha value is -1.30. The first-order valence-electron chi connectivity index (χ1n) is 5.25. The fraction of sp³-hybridized carbons (Fsp3) is 0.364. The van der Waals surface area contributed by atoms with Crippen LogP contribution in [0.3, 0.4) is 0 Å². The molecule has 0 saturated carbocycles. The summed E-state index contributed by atoms with van der Waals surface area (Å²) in [6.45, 7) is 0. The second-order valence-corrected chi connectivity index (χ2v) is 5.16. The minimum Gasteiger partial charge on any atom is -0.396 e. The van der Waals surface area contributed by atoms with E-state index in [1.807, 2.05) is 0 Å². The molecule has 1 aliphatic heterocycles. The average Bonchev–Trinajstić information content (AvgIpc) is 2.79. The molecule has 3 N–H and O–H groups in total. The Labute approximate surface area is 102 Å². The molecule has 0 spiro atoms. The van der Waals surface area contributed by atoms with Crippen molar-refractivity contribution in [3.8, 4) is 0 Å². The van der Waals surface area contributed by atoms with Gasteiger partial charge in [0.2, 0.25) is 5.91 Å². The Morgan fingerprint density at radius 2 is 2.18 bits per heavy atom. The Morgan fingerprint density at radius 1 is 1.41 bits per heavy atom. The Balaban J connectivity index is 2.12. The molecule has 0 bridgehead atoms. The van der Waals surface area contributed by atoms with Crippen LogP contribution in [0.2, 0.25) is 0 Å². The number of amides is 1. The molecule has 1 unspecified atom stereocenters. The molecule has 1 amide bonds. The Bertz CT molecular complexity index is 447. The molecule has 1 heterocycles. The first-order chi connectivity index (χ1) is 8.08. The molecule has 0 radical (unpaired) electrons. The molecule has 1 aromatic rings. The van der Waals surface area contributed by atoms with Gasteiger partial charge in [-0.25, -0.2) is 8.78 Å². The van der Waals surface area contributed by atoms with Crippen molar-refractivity contribution in [2.75, 3.05) is 16.8 Å². The van der Waals surface area contributed by atoms with Gasteiger partial charge in [-0.1, -0.05) is 0 Å². The molecule has 6 heteroatoms. The first-order valence-corrected chi connectivity index (χ1v) is 6.30. The number of benzene rings is 1. The lowest BCUT2D eigenvalue weighted by Crippen LogP contribution is -2.23. The first kappa shape index (κ1) is 12.2. The molecular weight excluding hydrogens is 246 g/mol. The zero-order chi connectivity index (χ0) is 12.4. The van der Waals surface area contributed by atoms with Crippen LogP contribution >= 0.6 is 11.8 Å². The van der Waals surface area contributed by atoms with Gasteiger partial charge in [0.25, 0.3) is 0 Å². The molecular formula is C11H12F2N2OS. The third kappa shape index (κ3) is 2.69. The van der Waals surface area contributed by atoms with Crippen molar-refractivity contribution in [1.29, 1.82) is 0 Å². The van der Waals surface area contributed by atoms with Crippen molar-refractivity contribution >= 4 is 29.0 Å². The van der Waals surface area contributed by atoms with Crippen LogP contribution in [0.25, 0.3) is 0 Å². The summed E-state index contributed by atoms with van der Waals surface area (Å²) in [5.41, 5.74) is 5.07. The maximum Gasteiger partial charge on any atom is 0.237 e. The van der Waals surface area contributed by atoms with E-state index in [0.29, 0.717) is 6.07 Å². The van der Waals surface area contributed by atoms with Crippen molar-refractivity contribution in [1.82, 2.24) is 0 Å². The topological polar surface area (TPSA) is 55.1 Å². The third-order valence-corrected chi connectivity index (χ3v) is 3.94. The highest BCUT2D eigenvalue weighted by Gasteiger charge is 2.24. The number of hydrogen-bond acceptors (Lipinski definition) is 3. The van der Waals surface area contributed by atoms with Crippen LogP contribution in [0.15, 0.2) is 12.1 Å². The fourth-order valence-corrected chi connectivity index (χ4v) is 2.82. The molecule has 0 aromatic heterocycles. The summed E-state index contributed by atoms with van der Waals surface area (Å²) in [4.78, 5) is 11.7. The zero-order valence-corrected chi connectivity index (χ0v) is 9.82. The van der Waals surface area contributed by atoms with Crippen LogP contribution in [0.4, 0.5) is 20.2 Å². The molecule has 17 heavy (non-hydrogen) atoms. The predicted octanol–water partition coefficient (Wildman–Crippen LogP) is 2.38. The van der Waals surface area contributed by atoms with E-state index in [0.717, 1.165) is 24.7 Å². The van der Waals surface area contributed by atoms with E-state index in [2.05, 4.69) is 5.32 Å². The summed E-state index contributed by atoms with van der Waals surface area (Å²) in [6.07, 6.45) is 1.77. The van der Waals surface area contributed by atoms with Crippen LogP contribution in [0, 0.1) is 11.6 Å². The number of nitrogens with two attached hydrogens (primary N) is 1. The normalized spacial score (nSPS) is 19.3. The molecule has 1 atom stereocenters. The molecule has 1 fully saturated rings. The highest BCUT2D eigenvalue weighted by molar-refractivity contribution is 8.00. The lowest BCUT2D eigenvalue weighted by Gasteiger charge is -2.11.